The van der Waals surface area contributed by atoms with Gasteiger partial charge in [0.15, 0.2) is 12.4 Å². The van der Waals surface area contributed by atoms with Crippen LogP contribution in [0, 0.1) is 5.92 Å². The van der Waals surface area contributed by atoms with E-state index in [2.05, 4.69) is 83.9 Å². The molecule has 2 aliphatic heterocycles. The van der Waals surface area contributed by atoms with Gasteiger partial charge in [-0.1, -0.05) is 72.8 Å². The highest BCUT2D eigenvalue weighted by molar-refractivity contribution is 6.32. The van der Waals surface area contributed by atoms with Crippen molar-refractivity contribution in [3.05, 3.63) is 131 Å². The second-order valence-corrected chi connectivity index (χ2v) is 8.66. The van der Waals surface area contributed by atoms with Gasteiger partial charge in [-0.2, -0.15) is 0 Å². The van der Waals surface area contributed by atoms with E-state index in [4.69, 9.17) is 15.7 Å². The van der Waals surface area contributed by atoms with E-state index in [-0.39, 0.29) is 12.0 Å². The largest absolute Gasteiger partial charge is 0.326 e. The lowest BCUT2D eigenvalue weighted by atomic mass is 9.81. The highest BCUT2D eigenvalue weighted by Crippen LogP contribution is 2.42. The number of H-pyrrole nitrogens is 1. The number of rotatable bonds is 4. The Morgan fingerprint density at radius 3 is 2.53 bits per heavy atom. The van der Waals surface area contributed by atoms with Crippen molar-refractivity contribution in [1.29, 1.82) is 0 Å². The van der Waals surface area contributed by atoms with E-state index in [9.17, 15) is 0 Å². The van der Waals surface area contributed by atoms with E-state index in [1.807, 2.05) is 30.8 Å². The maximum Gasteiger partial charge on any atom is 0.174 e. The third-order valence-corrected chi connectivity index (χ3v) is 6.64. The minimum Gasteiger partial charge on any atom is -0.326 e. The molecule has 164 valence electrons. The lowest BCUT2D eigenvalue weighted by Crippen LogP contribution is -2.22. The van der Waals surface area contributed by atoms with E-state index in [0.29, 0.717) is 6.54 Å². The van der Waals surface area contributed by atoms with Gasteiger partial charge in [-0.15, -0.1) is 0 Å². The first kappa shape index (κ1) is 20.5. The lowest BCUT2D eigenvalue weighted by Gasteiger charge is -2.30. The average molecular weight is 442 g/mol. The number of allylic oxidation sites excluding steroid dienone is 2. The fourth-order valence-corrected chi connectivity index (χ4v) is 4.90. The Balaban J connectivity index is 1.50. The van der Waals surface area contributed by atoms with Crippen LogP contribution in [-0.2, 0) is 6.54 Å². The molecule has 0 fully saturated rings. The van der Waals surface area contributed by atoms with Gasteiger partial charge in [-0.3, -0.25) is 9.98 Å². The summed E-state index contributed by atoms with van der Waals surface area (Å²) in [4.78, 5) is 13.4. The number of benzene rings is 3. The Hall–Kier alpha value is -4.15. The average Bonchev–Trinajstić information content (AvgIpc) is 2.92. The predicted molar refractivity (Wildman–Crippen MR) is 139 cm³/mol. The highest BCUT2D eigenvalue weighted by atomic mass is 14.9. The number of aromatic amines is 1. The molecule has 0 saturated carbocycles. The molecular weight excluding hydrogens is 416 g/mol. The summed E-state index contributed by atoms with van der Waals surface area (Å²) in [6, 6.07) is 27.4. The standard InChI is InChI=1S/C30H24N4/c31-18-20-9-11-22(12-10-20)29-26(21-5-2-1-3-6-21)17-27-28(34-29)14-16-33-30(27)25-8-4-7-23-19-32-15-13-24(23)25/h1-17,19,27,30H,18,31H2/p+1. The van der Waals surface area contributed by atoms with Gasteiger partial charge in [-0.25, -0.2) is 4.98 Å². The summed E-state index contributed by atoms with van der Waals surface area (Å²) in [7, 11) is 0. The number of nitrogens with two attached hydrogens (primary N) is 1. The Morgan fingerprint density at radius 1 is 0.853 bits per heavy atom. The first-order valence-corrected chi connectivity index (χ1v) is 11.6. The third-order valence-electron chi connectivity index (χ3n) is 6.64. The van der Waals surface area contributed by atoms with Gasteiger partial charge in [0.2, 0.25) is 0 Å². The van der Waals surface area contributed by atoms with Crippen LogP contribution in [0.1, 0.15) is 28.3 Å². The SMILES string of the molecule is NCc1ccc(C2=NC3=CC=NC(c4cccc5c[nH+]ccc45)C3C=C2c2ccccc2)cc1. The molecule has 0 radical (unpaired) electrons. The van der Waals surface area contributed by atoms with E-state index in [1.54, 1.807) is 0 Å². The second kappa shape index (κ2) is 8.65. The molecular formula is C30H25N4+. The number of nitrogens with one attached hydrogen (secondary N) is 1. The molecule has 34 heavy (non-hydrogen) atoms. The summed E-state index contributed by atoms with van der Waals surface area (Å²) < 4.78 is 0. The molecule has 2 atom stereocenters. The number of aromatic nitrogens is 1. The summed E-state index contributed by atoms with van der Waals surface area (Å²) in [5, 5.41) is 2.39. The van der Waals surface area contributed by atoms with Gasteiger partial charge < -0.3 is 5.73 Å². The Kier molecular flexibility index (Phi) is 5.21. The summed E-state index contributed by atoms with van der Waals surface area (Å²) in [5.74, 6) is 0.0575. The minimum absolute atomic E-state index is 0.0327. The van der Waals surface area contributed by atoms with E-state index in [0.717, 1.165) is 33.7 Å². The molecule has 3 N–H and O–H groups in total. The van der Waals surface area contributed by atoms with Gasteiger partial charge in [-0.05, 0) is 34.2 Å². The molecule has 6 rings (SSSR count). The van der Waals surface area contributed by atoms with Gasteiger partial charge in [0, 0.05) is 41.3 Å². The topological polar surface area (TPSA) is 64.9 Å². The van der Waals surface area contributed by atoms with Crippen LogP contribution in [0.15, 0.2) is 119 Å². The van der Waals surface area contributed by atoms with Crippen LogP contribution in [0.2, 0.25) is 0 Å². The van der Waals surface area contributed by atoms with Crippen LogP contribution >= 0.6 is 0 Å². The Labute approximate surface area is 198 Å². The molecule has 4 heteroatoms. The number of dihydropyridines is 2. The molecule has 0 aliphatic carbocycles. The normalized spacial score (nSPS) is 19.3. The van der Waals surface area contributed by atoms with Crippen LogP contribution in [0.25, 0.3) is 16.3 Å². The van der Waals surface area contributed by atoms with E-state index in [1.165, 1.54) is 16.3 Å². The van der Waals surface area contributed by atoms with Gasteiger partial charge in [0.1, 0.15) is 0 Å². The minimum atomic E-state index is -0.0327. The van der Waals surface area contributed by atoms with Crippen molar-refractivity contribution >= 4 is 28.3 Å². The summed E-state index contributed by atoms with van der Waals surface area (Å²) in [5.41, 5.74) is 13.6. The molecule has 4 aromatic rings. The molecule has 2 aliphatic rings. The van der Waals surface area contributed by atoms with Crippen LogP contribution < -0.4 is 10.7 Å². The number of nitrogens with zero attached hydrogens (tertiary/aromatic N) is 2. The second-order valence-electron chi connectivity index (χ2n) is 8.66. The zero-order valence-corrected chi connectivity index (χ0v) is 18.7. The maximum atomic E-state index is 5.83. The monoisotopic (exact) mass is 441 g/mol. The van der Waals surface area contributed by atoms with Crippen LogP contribution in [0.5, 0.6) is 0 Å². The molecule has 1 aromatic heterocycles. The maximum absolute atomic E-state index is 5.83. The molecule has 0 amide bonds. The zero-order chi connectivity index (χ0) is 22.9. The summed E-state index contributed by atoms with van der Waals surface area (Å²) in [6.45, 7) is 0.530. The summed E-state index contributed by atoms with van der Waals surface area (Å²) >= 11 is 0. The van der Waals surface area contributed by atoms with Gasteiger partial charge >= 0.3 is 0 Å². The predicted octanol–water partition coefficient (Wildman–Crippen LogP) is 5.32. The fourth-order valence-electron chi connectivity index (χ4n) is 4.90. The number of aliphatic imine (C=N–C) groups is 2. The highest BCUT2D eigenvalue weighted by Gasteiger charge is 2.32. The lowest BCUT2D eigenvalue weighted by molar-refractivity contribution is -0.375. The molecule has 0 spiro atoms. The van der Waals surface area contributed by atoms with Crippen molar-refractivity contribution in [1.82, 2.24) is 0 Å². The number of pyridine rings is 1. The van der Waals surface area contributed by atoms with Crippen molar-refractivity contribution in [2.75, 3.05) is 0 Å². The number of fused-ring (bicyclic) bond motifs is 2. The van der Waals surface area contributed by atoms with Crippen LogP contribution in [0.4, 0.5) is 0 Å². The summed E-state index contributed by atoms with van der Waals surface area (Å²) in [6.07, 6.45) is 10.3. The van der Waals surface area contributed by atoms with E-state index >= 15 is 0 Å². The van der Waals surface area contributed by atoms with Gasteiger partial charge in [0.25, 0.3) is 0 Å². The number of hydrogen-bond donors (Lipinski definition) is 1. The molecule has 3 aromatic carbocycles. The third kappa shape index (κ3) is 3.58. The molecule has 4 nitrogen and oxygen atoms in total. The first-order chi connectivity index (χ1) is 16.8. The smallest absolute Gasteiger partial charge is 0.174 e. The number of hydrogen-bond acceptors (Lipinski definition) is 3. The van der Waals surface area contributed by atoms with Crippen LogP contribution in [0.3, 0.4) is 0 Å². The van der Waals surface area contributed by atoms with Crippen molar-refractivity contribution in [2.24, 2.45) is 21.6 Å². The molecule has 0 saturated heterocycles. The van der Waals surface area contributed by atoms with E-state index < -0.39 is 0 Å². The van der Waals surface area contributed by atoms with Crippen molar-refractivity contribution in [3.63, 3.8) is 0 Å². The van der Waals surface area contributed by atoms with Crippen LogP contribution in [-0.4, -0.2) is 11.9 Å². The zero-order valence-electron chi connectivity index (χ0n) is 18.7. The van der Waals surface area contributed by atoms with Crippen molar-refractivity contribution in [3.8, 4) is 0 Å². The Morgan fingerprint density at radius 2 is 1.71 bits per heavy atom. The fraction of sp³-hybridized carbons (Fsp3) is 0.100. The molecule has 3 heterocycles. The first-order valence-electron chi connectivity index (χ1n) is 11.6. The molecule has 2 unspecified atom stereocenters. The quantitative estimate of drug-likeness (QED) is 0.457. The molecule has 0 bridgehead atoms. The Bertz CT molecular complexity index is 1470. The van der Waals surface area contributed by atoms with Gasteiger partial charge in [0.05, 0.1) is 17.5 Å². The van der Waals surface area contributed by atoms with Crippen molar-refractivity contribution < 1.29 is 4.98 Å². The van der Waals surface area contributed by atoms with Crippen molar-refractivity contribution in [2.45, 2.75) is 12.6 Å².